The summed E-state index contributed by atoms with van der Waals surface area (Å²) in [6, 6.07) is 11.5. The Hall–Kier alpha value is -1.26. The average molecular weight is 338 g/mol. The van der Waals surface area contributed by atoms with Crippen molar-refractivity contribution < 1.29 is 9.84 Å². The molecule has 0 bridgehead atoms. The van der Waals surface area contributed by atoms with Crippen LogP contribution in [0.25, 0.3) is 0 Å². The average Bonchev–Trinajstić information content (AvgIpc) is 2.83. The van der Waals surface area contributed by atoms with Gasteiger partial charge < -0.3 is 15.2 Å². The number of nitrogens with one attached hydrogen (secondary N) is 1. The topological polar surface area (TPSA) is 41.5 Å². The molecule has 2 aromatic carbocycles. The highest BCUT2D eigenvalue weighted by Crippen LogP contribution is 2.34. The van der Waals surface area contributed by atoms with Crippen LogP contribution in [-0.4, -0.2) is 18.3 Å². The smallest absolute Gasteiger partial charge is 0.138 e. The zero-order valence-corrected chi connectivity index (χ0v) is 13.7. The minimum absolute atomic E-state index is 0.0897. The molecule has 5 heteroatoms. The Labute approximate surface area is 139 Å². The van der Waals surface area contributed by atoms with Crippen LogP contribution in [0.4, 0.5) is 0 Å². The normalized spacial score (nSPS) is 20.0. The maximum absolute atomic E-state index is 10.3. The van der Waals surface area contributed by atoms with Gasteiger partial charge in [-0.3, -0.25) is 0 Å². The predicted molar refractivity (Wildman–Crippen MR) is 88.7 cm³/mol. The van der Waals surface area contributed by atoms with Gasteiger partial charge in [-0.1, -0.05) is 47.5 Å². The maximum atomic E-state index is 10.3. The van der Waals surface area contributed by atoms with Gasteiger partial charge in [0.15, 0.2) is 0 Å². The van der Waals surface area contributed by atoms with Crippen molar-refractivity contribution in [3.8, 4) is 5.75 Å². The van der Waals surface area contributed by atoms with Gasteiger partial charge in [0.25, 0.3) is 0 Å². The van der Waals surface area contributed by atoms with Gasteiger partial charge in [-0.05, 0) is 22.8 Å². The van der Waals surface area contributed by atoms with E-state index in [2.05, 4.69) is 11.4 Å². The lowest BCUT2D eigenvalue weighted by atomic mass is 10.1. The molecule has 0 aromatic heterocycles. The van der Waals surface area contributed by atoms with E-state index in [-0.39, 0.29) is 6.04 Å². The van der Waals surface area contributed by atoms with Gasteiger partial charge in [-0.25, -0.2) is 0 Å². The fourth-order valence-electron chi connectivity index (χ4n) is 2.90. The molecule has 3 rings (SSSR count). The molecule has 0 fully saturated rings. The van der Waals surface area contributed by atoms with E-state index < -0.39 is 6.10 Å². The monoisotopic (exact) mass is 337 g/mol. The minimum Gasteiger partial charge on any atom is -0.495 e. The molecule has 22 heavy (non-hydrogen) atoms. The summed E-state index contributed by atoms with van der Waals surface area (Å²) in [6.07, 6.45) is 0.246. The van der Waals surface area contributed by atoms with Crippen LogP contribution in [0.2, 0.25) is 10.0 Å². The lowest BCUT2D eigenvalue weighted by Crippen LogP contribution is -2.28. The van der Waals surface area contributed by atoms with Crippen LogP contribution in [0.5, 0.6) is 5.75 Å². The van der Waals surface area contributed by atoms with Crippen molar-refractivity contribution in [3.63, 3.8) is 0 Å². The molecule has 2 atom stereocenters. The number of ether oxygens (including phenoxy) is 1. The SMILES string of the molecule is COc1cc(Cl)c(CN[C@H]2c3ccccc3C[C@H]2O)cc1Cl. The molecular weight excluding hydrogens is 321 g/mol. The zero-order valence-electron chi connectivity index (χ0n) is 12.1. The molecule has 0 saturated carbocycles. The van der Waals surface area contributed by atoms with Gasteiger partial charge >= 0.3 is 0 Å². The van der Waals surface area contributed by atoms with Crippen LogP contribution < -0.4 is 10.1 Å². The molecule has 116 valence electrons. The summed E-state index contributed by atoms with van der Waals surface area (Å²) < 4.78 is 5.15. The predicted octanol–water partition coefficient (Wildman–Crippen LogP) is 3.75. The van der Waals surface area contributed by atoms with Gasteiger partial charge in [0.05, 0.1) is 24.3 Å². The summed E-state index contributed by atoms with van der Waals surface area (Å²) in [5.41, 5.74) is 3.21. The van der Waals surface area contributed by atoms with Crippen LogP contribution in [0, 0.1) is 0 Å². The van der Waals surface area contributed by atoms with Crippen molar-refractivity contribution in [2.45, 2.75) is 25.1 Å². The fraction of sp³-hybridized carbons (Fsp3) is 0.294. The molecule has 0 heterocycles. The first-order valence-electron chi connectivity index (χ1n) is 7.11. The van der Waals surface area contributed by atoms with E-state index in [0.717, 1.165) is 11.1 Å². The molecule has 0 amide bonds. The number of halogens is 2. The molecule has 1 aliphatic rings. The molecule has 1 aliphatic carbocycles. The first-order valence-corrected chi connectivity index (χ1v) is 7.87. The molecule has 0 saturated heterocycles. The molecular formula is C17H17Cl2NO2. The van der Waals surface area contributed by atoms with Crippen LogP contribution in [0.15, 0.2) is 36.4 Å². The Kier molecular flexibility index (Phi) is 4.59. The maximum Gasteiger partial charge on any atom is 0.138 e. The van der Waals surface area contributed by atoms with Gasteiger partial charge in [-0.2, -0.15) is 0 Å². The third-order valence-electron chi connectivity index (χ3n) is 4.04. The van der Waals surface area contributed by atoms with E-state index in [0.29, 0.717) is 28.8 Å². The molecule has 0 unspecified atom stereocenters. The summed E-state index contributed by atoms with van der Waals surface area (Å²) in [4.78, 5) is 0. The minimum atomic E-state index is -0.426. The second-order valence-corrected chi connectivity index (χ2v) is 6.22. The number of methoxy groups -OCH3 is 1. The van der Waals surface area contributed by atoms with Crippen molar-refractivity contribution in [1.29, 1.82) is 0 Å². The fourth-order valence-corrected chi connectivity index (χ4v) is 3.39. The highest BCUT2D eigenvalue weighted by atomic mass is 35.5. The molecule has 2 N–H and O–H groups in total. The number of benzene rings is 2. The van der Waals surface area contributed by atoms with Gasteiger partial charge in [0.1, 0.15) is 5.75 Å². The lowest BCUT2D eigenvalue weighted by Gasteiger charge is -2.19. The Balaban J connectivity index is 1.77. The summed E-state index contributed by atoms with van der Waals surface area (Å²) in [6.45, 7) is 0.526. The number of hydrogen-bond donors (Lipinski definition) is 2. The second-order valence-electron chi connectivity index (χ2n) is 5.41. The Morgan fingerprint density at radius 3 is 2.77 bits per heavy atom. The molecule has 0 spiro atoms. The molecule has 2 aromatic rings. The highest BCUT2D eigenvalue weighted by molar-refractivity contribution is 6.34. The third-order valence-corrected chi connectivity index (χ3v) is 4.68. The van der Waals surface area contributed by atoms with Gasteiger partial charge in [-0.15, -0.1) is 0 Å². The number of rotatable bonds is 4. The van der Waals surface area contributed by atoms with Crippen molar-refractivity contribution >= 4 is 23.2 Å². The molecule has 0 radical (unpaired) electrons. The van der Waals surface area contributed by atoms with Gasteiger partial charge in [0.2, 0.25) is 0 Å². The Morgan fingerprint density at radius 2 is 2.00 bits per heavy atom. The van der Waals surface area contributed by atoms with Crippen LogP contribution in [0.1, 0.15) is 22.7 Å². The number of fused-ring (bicyclic) bond motifs is 1. The quantitative estimate of drug-likeness (QED) is 0.892. The van der Waals surface area contributed by atoms with E-state index in [1.165, 1.54) is 5.56 Å². The van der Waals surface area contributed by atoms with E-state index in [1.807, 2.05) is 18.2 Å². The van der Waals surface area contributed by atoms with Crippen molar-refractivity contribution in [1.82, 2.24) is 5.32 Å². The molecule has 3 nitrogen and oxygen atoms in total. The van der Waals surface area contributed by atoms with E-state index in [9.17, 15) is 5.11 Å². The third kappa shape index (κ3) is 2.95. The number of aliphatic hydroxyl groups excluding tert-OH is 1. The summed E-state index contributed by atoms with van der Waals surface area (Å²) >= 11 is 12.4. The second kappa shape index (κ2) is 6.47. The Morgan fingerprint density at radius 1 is 1.23 bits per heavy atom. The summed E-state index contributed by atoms with van der Waals surface area (Å²) in [5, 5.41) is 14.7. The first kappa shape index (κ1) is 15.6. The summed E-state index contributed by atoms with van der Waals surface area (Å²) in [5.74, 6) is 0.557. The van der Waals surface area contributed by atoms with Crippen LogP contribution in [-0.2, 0) is 13.0 Å². The number of hydrogen-bond acceptors (Lipinski definition) is 3. The zero-order chi connectivity index (χ0) is 15.7. The standard InChI is InChI=1S/C17H17Cl2NO2/c1-22-16-8-13(18)11(6-14(16)19)9-20-17-12-5-3-2-4-10(12)7-15(17)21/h2-6,8,15,17,20-21H,7,9H2,1H3/t15-,17+/m1/s1. The summed E-state index contributed by atoms with van der Waals surface area (Å²) in [7, 11) is 1.56. The van der Waals surface area contributed by atoms with E-state index in [4.69, 9.17) is 27.9 Å². The van der Waals surface area contributed by atoms with Crippen LogP contribution >= 0.6 is 23.2 Å². The van der Waals surface area contributed by atoms with Crippen LogP contribution in [0.3, 0.4) is 0 Å². The van der Waals surface area contributed by atoms with Crippen molar-refractivity contribution in [2.75, 3.05) is 7.11 Å². The number of aliphatic hydroxyl groups is 1. The largest absolute Gasteiger partial charge is 0.495 e. The first-order chi connectivity index (χ1) is 10.6. The highest BCUT2D eigenvalue weighted by Gasteiger charge is 2.30. The van der Waals surface area contributed by atoms with Crippen molar-refractivity contribution in [3.05, 3.63) is 63.1 Å². The lowest BCUT2D eigenvalue weighted by molar-refractivity contribution is 0.140. The Bertz CT molecular complexity index is 690. The van der Waals surface area contributed by atoms with E-state index in [1.54, 1.807) is 19.2 Å². The van der Waals surface area contributed by atoms with Gasteiger partial charge in [0, 0.05) is 24.1 Å². The van der Waals surface area contributed by atoms with Crippen molar-refractivity contribution in [2.24, 2.45) is 0 Å². The van der Waals surface area contributed by atoms with E-state index >= 15 is 0 Å². The molecule has 0 aliphatic heterocycles.